The number of carbonyl (C=O) groups excluding carboxylic acids is 1. The molecular formula is C17H20Cl2FN3O3. The number of ether oxygens (including phenoxy) is 1. The maximum absolute atomic E-state index is 12.8. The molecule has 3 N–H and O–H groups in total. The number of benzene rings is 1. The molecule has 26 heavy (non-hydrogen) atoms. The van der Waals surface area contributed by atoms with Crippen LogP contribution in [0.1, 0.15) is 12.0 Å². The highest BCUT2D eigenvalue weighted by molar-refractivity contribution is 5.85. The lowest BCUT2D eigenvalue weighted by Gasteiger charge is -2.11. The molecule has 1 fully saturated rings. The Labute approximate surface area is 163 Å². The molecule has 0 aliphatic carbocycles. The second-order valence-electron chi connectivity index (χ2n) is 5.63. The predicted octanol–water partition coefficient (Wildman–Crippen LogP) is 2.20. The lowest BCUT2D eigenvalue weighted by atomic mass is 10.2. The van der Waals surface area contributed by atoms with Crippen molar-refractivity contribution < 1.29 is 19.0 Å². The molecule has 2 atom stereocenters. The van der Waals surface area contributed by atoms with Crippen molar-refractivity contribution in [2.45, 2.75) is 25.1 Å². The normalized spacial score (nSPS) is 18.4. The second kappa shape index (κ2) is 10.3. The zero-order chi connectivity index (χ0) is 16.9. The van der Waals surface area contributed by atoms with Gasteiger partial charge < -0.3 is 20.5 Å². The van der Waals surface area contributed by atoms with E-state index in [9.17, 15) is 14.3 Å². The second-order valence-corrected chi connectivity index (χ2v) is 5.63. The van der Waals surface area contributed by atoms with Crippen LogP contribution in [0, 0.1) is 5.82 Å². The summed E-state index contributed by atoms with van der Waals surface area (Å²) in [6.45, 7) is 0.784. The number of hydrogen-bond donors (Lipinski definition) is 3. The summed E-state index contributed by atoms with van der Waals surface area (Å²) < 4.78 is 18.3. The van der Waals surface area contributed by atoms with Gasteiger partial charge in [0.05, 0.1) is 12.1 Å². The van der Waals surface area contributed by atoms with Gasteiger partial charge in [-0.3, -0.25) is 4.79 Å². The topological polar surface area (TPSA) is 83.5 Å². The van der Waals surface area contributed by atoms with Gasteiger partial charge in [-0.2, -0.15) is 0 Å². The summed E-state index contributed by atoms with van der Waals surface area (Å²) >= 11 is 0. The van der Waals surface area contributed by atoms with Crippen LogP contribution in [0.4, 0.5) is 4.39 Å². The van der Waals surface area contributed by atoms with Crippen LogP contribution in [0.25, 0.3) is 0 Å². The number of hydrogen-bond acceptors (Lipinski definition) is 5. The fraction of sp³-hybridized carbons (Fsp3) is 0.294. The molecule has 1 aliphatic heterocycles. The molecule has 3 rings (SSSR count). The van der Waals surface area contributed by atoms with Crippen LogP contribution >= 0.6 is 24.8 Å². The molecule has 1 aromatic carbocycles. The Kier molecular flexibility index (Phi) is 8.74. The van der Waals surface area contributed by atoms with Gasteiger partial charge in [0.2, 0.25) is 11.8 Å². The summed E-state index contributed by atoms with van der Waals surface area (Å²) in [5.74, 6) is 0.414. The molecule has 1 saturated heterocycles. The van der Waals surface area contributed by atoms with Crippen LogP contribution in [-0.4, -0.2) is 34.7 Å². The van der Waals surface area contributed by atoms with E-state index in [0.29, 0.717) is 31.1 Å². The first-order chi connectivity index (χ1) is 11.6. The fourth-order valence-electron chi connectivity index (χ4n) is 2.43. The van der Waals surface area contributed by atoms with Crippen molar-refractivity contribution in [2.24, 2.45) is 0 Å². The van der Waals surface area contributed by atoms with Gasteiger partial charge in [-0.1, -0.05) is 6.07 Å². The molecule has 0 bridgehead atoms. The standard InChI is InChI=1S/C17H18FN3O3.2ClH/c18-12-2-4-14(5-3-12)24-16-6-1-11(8-20-16)9-21-17(23)15-7-13(22)10-19-15;;/h1-6,8,13,15,19,22H,7,9-10H2,(H,21,23);2*1H. The number of aromatic nitrogens is 1. The van der Waals surface area contributed by atoms with Gasteiger partial charge in [0, 0.05) is 25.4 Å². The first-order valence-electron chi connectivity index (χ1n) is 7.67. The molecule has 1 aliphatic rings. The Morgan fingerprint density at radius 3 is 2.58 bits per heavy atom. The first kappa shape index (κ1) is 22.1. The first-order valence-corrected chi connectivity index (χ1v) is 7.67. The van der Waals surface area contributed by atoms with Crippen LogP contribution in [0.2, 0.25) is 0 Å². The minimum Gasteiger partial charge on any atom is -0.439 e. The fourth-order valence-corrected chi connectivity index (χ4v) is 2.43. The molecule has 9 heteroatoms. The van der Waals surface area contributed by atoms with Crippen LogP contribution in [0.5, 0.6) is 11.6 Å². The van der Waals surface area contributed by atoms with Crippen molar-refractivity contribution in [3.05, 3.63) is 54.0 Å². The quantitative estimate of drug-likeness (QED) is 0.712. The van der Waals surface area contributed by atoms with Gasteiger partial charge in [0.1, 0.15) is 11.6 Å². The number of carbonyl (C=O) groups is 1. The summed E-state index contributed by atoms with van der Waals surface area (Å²) in [7, 11) is 0. The van der Waals surface area contributed by atoms with E-state index in [1.54, 1.807) is 18.3 Å². The van der Waals surface area contributed by atoms with E-state index in [1.165, 1.54) is 24.3 Å². The smallest absolute Gasteiger partial charge is 0.237 e. The van der Waals surface area contributed by atoms with E-state index in [1.807, 2.05) is 0 Å². The zero-order valence-corrected chi connectivity index (χ0v) is 15.4. The van der Waals surface area contributed by atoms with Crippen LogP contribution in [0.3, 0.4) is 0 Å². The summed E-state index contributed by atoms with van der Waals surface area (Å²) in [4.78, 5) is 16.1. The number of amides is 1. The summed E-state index contributed by atoms with van der Waals surface area (Å²) in [6.07, 6.45) is 1.57. The number of nitrogens with one attached hydrogen (secondary N) is 2. The van der Waals surface area contributed by atoms with E-state index in [4.69, 9.17) is 4.74 Å². The van der Waals surface area contributed by atoms with Crippen molar-refractivity contribution in [1.82, 2.24) is 15.6 Å². The van der Waals surface area contributed by atoms with Crippen molar-refractivity contribution in [2.75, 3.05) is 6.54 Å². The molecule has 0 saturated carbocycles. The molecule has 2 aromatic rings. The van der Waals surface area contributed by atoms with Crippen LogP contribution < -0.4 is 15.4 Å². The number of rotatable bonds is 5. The predicted molar refractivity (Wildman–Crippen MR) is 99.5 cm³/mol. The maximum atomic E-state index is 12.8. The number of aliphatic hydroxyl groups excluding tert-OH is 1. The van der Waals surface area contributed by atoms with Crippen molar-refractivity contribution >= 4 is 30.7 Å². The number of halogens is 3. The van der Waals surface area contributed by atoms with E-state index < -0.39 is 6.10 Å². The third-order valence-corrected chi connectivity index (χ3v) is 3.72. The Morgan fingerprint density at radius 1 is 1.27 bits per heavy atom. The Balaban J connectivity index is 0.00000169. The number of aliphatic hydroxyl groups is 1. The van der Waals surface area contributed by atoms with Crippen LogP contribution in [-0.2, 0) is 11.3 Å². The molecule has 2 heterocycles. The van der Waals surface area contributed by atoms with E-state index >= 15 is 0 Å². The zero-order valence-electron chi connectivity index (χ0n) is 13.7. The van der Waals surface area contributed by atoms with E-state index in [2.05, 4.69) is 15.6 Å². The summed E-state index contributed by atoms with van der Waals surface area (Å²) in [5.41, 5.74) is 0.827. The highest BCUT2D eigenvalue weighted by Crippen LogP contribution is 2.19. The molecular weight excluding hydrogens is 384 g/mol. The van der Waals surface area contributed by atoms with Gasteiger partial charge in [-0.25, -0.2) is 9.37 Å². The molecule has 0 spiro atoms. The maximum Gasteiger partial charge on any atom is 0.237 e. The molecule has 142 valence electrons. The average molecular weight is 404 g/mol. The van der Waals surface area contributed by atoms with Crippen molar-refractivity contribution in [3.8, 4) is 11.6 Å². The summed E-state index contributed by atoms with van der Waals surface area (Å²) in [6, 6.07) is 8.79. The monoisotopic (exact) mass is 403 g/mol. The van der Waals surface area contributed by atoms with Crippen molar-refractivity contribution in [3.63, 3.8) is 0 Å². The highest BCUT2D eigenvalue weighted by Gasteiger charge is 2.27. The Bertz CT molecular complexity index is 701. The van der Waals surface area contributed by atoms with Gasteiger partial charge >= 0.3 is 0 Å². The minimum atomic E-state index is -0.467. The lowest BCUT2D eigenvalue weighted by molar-refractivity contribution is -0.123. The SMILES string of the molecule is Cl.Cl.O=C(NCc1ccc(Oc2ccc(F)cc2)nc1)C1CC(O)CN1. The third-order valence-electron chi connectivity index (χ3n) is 3.72. The van der Waals surface area contributed by atoms with Gasteiger partial charge in [0.25, 0.3) is 0 Å². The van der Waals surface area contributed by atoms with Gasteiger partial charge in [-0.15, -0.1) is 24.8 Å². The Hall–Kier alpha value is -1.93. The van der Waals surface area contributed by atoms with E-state index in [0.717, 1.165) is 5.56 Å². The van der Waals surface area contributed by atoms with E-state index in [-0.39, 0.29) is 42.6 Å². The molecule has 1 aromatic heterocycles. The largest absolute Gasteiger partial charge is 0.439 e. The van der Waals surface area contributed by atoms with Gasteiger partial charge in [-0.05, 0) is 36.2 Å². The molecule has 0 radical (unpaired) electrons. The van der Waals surface area contributed by atoms with Crippen LogP contribution in [0.15, 0.2) is 42.6 Å². The highest BCUT2D eigenvalue weighted by atomic mass is 35.5. The lowest BCUT2D eigenvalue weighted by Crippen LogP contribution is -2.40. The number of β-amino-alcohol motifs (C(OH)–C–C–N with tert-alkyl or cyclic N) is 1. The average Bonchev–Trinajstić information content (AvgIpc) is 3.03. The molecule has 1 amide bonds. The Morgan fingerprint density at radius 2 is 2.00 bits per heavy atom. The summed E-state index contributed by atoms with van der Waals surface area (Å²) in [5, 5.41) is 15.2. The van der Waals surface area contributed by atoms with Crippen molar-refractivity contribution in [1.29, 1.82) is 0 Å². The number of nitrogens with zero attached hydrogens (tertiary/aromatic N) is 1. The van der Waals surface area contributed by atoms with Gasteiger partial charge in [0.15, 0.2) is 0 Å². The minimum absolute atomic E-state index is 0. The number of pyridine rings is 1. The molecule has 2 unspecified atom stereocenters. The molecule has 6 nitrogen and oxygen atoms in total. The third kappa shape index (κ3) is 6.10.